The summed E-state index contributed by atoms with van der Waals surface area (Å²) in [7, 11) is 0. The molecule has 0 aromatic carbocycles. The topological polar surface area (TPSA) is 18.5 Å². The van der Waals surface area contributed by atoms with Crippen LogP contribution in [0.4, 0.5) is 0 Å². The van der Waals surface area contributed by atoms with Crippen molar-refractivity contribution in [2.24, 2.45) is 5.92 Å². The number of hydrogen-bond donors (Lipinski definition) is 0. The Labute approximate surface area is 77.4 Å². The quantitative estimate of drug-likeness (QED) is 0.510. The average molecular weight is 225 g/mol. The Balaban J connectivity index is 3.66. The van der Waals surface area contributed by atoms with E-state index in [1.807, 2.05) is 13.8 Å². The molecule has 0 N–H and O–H groups in total. The first kappa shape index (κ1) is 11.4. The minimum absolute atomic E-state index is 0.0515. The Morgan fingerprint density at radius 1 is 1.18 bits per heavy atom. The number of halogens is 1. The summed E-state index contributed by atoms with van der Waals surface area (Å²) in [5, 5.41) is 0.914. The molecule has 68 valence electrons. The molecular weight excluding hydrogens is 208 g/mol. The molecule has 0 saturated carbocycles. The number of hydrogen-bond acceptors (Lipinski definition) is 2. The lowest BCUT2D eigenvalue weighted by Crippen LogP contribution is -2.26. The highest BCUT2D eigenvalue weighted by Crippen LogP contribution is 2.11. The van der Waals surface area contributed by atoms with Crippen LogP contribution in [0, 0.1) is 5.92 Å². The van der Waals surface area contributed by atoms with Gasteiger partial charge in [0.15, 0.2) is 6.29 Å². The number of alkyl halides is 1. The van der Waals surface area contributed by atoms with Crippen molar-refractivity contribution in [1.29, 1.82) is 0 Å². The zero-order valence-corrected chi connectivity index (χ0v) is 9.06. The van der Waals surface area contributed by atoms with E-state index in [2.05, 4.69) is 22.9 Å². The Kier molecular flexibility index (Phi) is 7.33. The molecule has 0 rings (SSSR count). The van der Waals surface area contributed by atoms with Crippen molar-refractivity contribution in [2.45, 2.75) is 27.1 Å². The zero-order chi connectivity index (χ0) is 8.69. The fourth-order valence-corrected chi connectivity index (χ4v) is 1.08. The van der Waals surface area contributed by atoms with Gasteiger partial charge in [0, 0.05) is 24.5 Å². The molecule has 0 aromatic rings. The summed E-state index contributed by atoms with van der Waals surface area (Å²) >= 11 is 3.40. The van der Waals surface area contributed by atoms with Gasteiger partial charge in [-0.15, -0.1) is 0 Å². The average Bonchev–Trinajstić information content (AvgIpc) is 2.03. The fourth-order valence-electron chi connectivity index (χ4n) is 0.778. The van der Waals surface area contributed by atoms with Gasteiger partial charge in [-0.3, -0.25) is 0 Å². The van der Waals surface area contributed by atoms with Gasteiger partial charge >= 0.3 is 0 Å². The third-order valence-corrected chi connectivity index (χ3v) is 2.39. The molecule has 0 spiro atoms. The second-order valence-corrected chi connectivity index (χ2v) is 3.06. The molecule has 0 aliphatic carbocycles. The van der Waals surface area contributed by atoms with Gasteiger partial charge in [0.05, 0.1) is 0 Å². The summed E-state index contributed by atoms with van der Waals surface area (Å²) in [4.78, 5) is 0. The summed E-state index contributed by atoms with van der Waals surface area (Å²) in [6.07, 6.45) is -0.0515. The molecule has 0 bridgehead atoms. The standard InChI is InChI=1S/C8H17BrO2/c1-4-10-8(11-5-2)7(3)6-9/h7-8H,4-6H2,1-3H3. The van der Waals surface area contributed by atoms with Crippen LogP contribution in [0.5, 0.6) is 0 Å². The third-order valence-electron chi connectivity index (χ3n) is 1.37. The maximum atomic E-state index is 5.38. The maximum absolute atomic E-state index is 5.38. The van der Waals surface area contributed by atoms with Crippen molar-refractivity contribution in [3.63, 3.8) is 0 Å². The lowest BCUT2D eigenvalue weighted by molar-refractivity contribution is -0.158. The van der Waals surface area contributed by atoms with Gasteiger partial charge in [0.25, 0.3) is 0 Å². The van der Waals surface area contributed by atoms with Crippen LogP contribution in [-0.4, -0.2) is 24.8 Å². The smallest absolute Gasteiger partial charge is 0.160 e. The molecule has 11 heavy (non-hydrogen) atoms. The molecule has 1 atom stereocenters. The molecule has 0 radical (unpaired) electrons. The number of ether oxygens (including phenoxy) is 2. The third kappa shape index (κ3) is 4.77. The van der Waals surface area contributed by atoms with Crippen molar-refractivity contribution < 1.29 is 9.47 Å². The normalized spacial score (nSPS) is 13.9. The summed E-state index contributed by atoms with van der Waals surface area (Å²) < 4.78 is 10.8. The second-order valence-electron chi connectivity index (χ2n) is 2.41. The van der Waals surface area contributed by atoms with Crippen LogP contribution in [0.2, 0.25) is 0 Å². The fraction of sp³-hybridized carbons (Fsp3) is 1.00. The van der Waals surface area contributed by atoms with Gasteiger partial charge in [0.2, 0.25) is 0 Å². The summed E-state index contributed by atoms with van der Waals surface area (Å²) in [5.74, 6) is 0.412. The minimum Gasteiger partial charge on any atom is -0.353 e. The number of rotatable bonds is 6. The molecule has 2 nitrogen and oxygen atoms in total. The van der Waals surface area contributed by atoms with E-state index in [0.717, 1.165) is 5.33 Å². The van der Waals surface area contributed by atoms with Crippen LogP contribution in [0.15, 0.2) is 0 Å². The van der Waals surface area contributed by atoms with Crippen LogP contribution in [-0.2, 0) is 9.47 Å². The van der Waals surface area contributed by atoms with Crippen molar-refractivity contribution in [3.8, 4) is 0 Å². The van der Waals surface area contributed by atoms with Crippen molar-refractivity contribution in [1.82, 2.24) is 0 Å². The highest BCUT2D eigenvalue weighted by Gasteiger charge is 2.15. The first-order valence-corrected chi connectivity index (χ1v) is 5.17. The largest absolute Gasteiger partial charge is 0.353 e. The Hall–Kier alpha value is 0.400. The van der Waals surface area contributed by atoms with Crippen LogP contribution in [0.1, 0.15) is 20.8 Å². The first-order valence-electron chi connectivity index (χ1n) is 4.05. The molecule has 0 aliphatic rings. The minimum atomic E-state index is -0.0515. The molecule has 3 heteroatoms. The van der Waals surface area contributed by atoms with Gasteiger partial charge in [0.1, 0.15) is 0 Å². The molecule has 1 unspecified atom stereocenters. The van der Waals surface area contributed by atoms with Crippen molar-refractivity contribution in [2.75, 3.05) is 18.5 Å². The molecule has 0 amide bonds. The first-order chi connectivity index (χ1) is 5.26. The van der Waals surface area contributed by atoms with Crippen molar-refractivity contribution >= 4 is 15.9 Å². The summed E-state index contributed by atoms with van der Waals surface area (Å²) in [6.45, 7) is 7.48. The lowest BCUT2D eigenvalue weighted by Gasteiger charge is -2.21. The molecule has 0 heterocycles. The molecule has 0 aromatic heterocycles. The van der Waals surface area contributed by atoms with E-state index < -0.39 is 0 Å². The van der Waals surface area contributed by atoms with E-state index in [9.17, 15) is 0 Å². The van der Waals surface area contributed by atoms with Crippen LogP contribution < -0.4 is 0 Å². The highest BCUT2D eigenvalue weighted by molar-refractivity contribution is 9.09. The molecular formula is C8H17BrO2. The molecule has 0 aliphatic heterocycles. The van der Waals surface area contributed by atoms with E-state index in [1.165, 1.54) is 0 Å². The Morgan fingerprint density at radius 2 is 1.64 bits per heavy atom. The highest BCUT2D eigenvalue weighted by atomic mass is 79.9. The van der Waals surface area contributed by atoms with Crippen LogP contribution >= 0.6 is 15.9 Å². The summed E-state index contributed by atoms with van der Waals surface area (Å²) in [5.41, 5.74) is 0. The monoisotopic (exact) mass is 224 g/mol. The van der Waals surface area contributed by atoms with E-state index in [1.54, 1.807) is 0 Å². The van der Waals surface area contributed by atoms with Crippen LogP contribution in [0.3, 0.4) is 0 Å². The zero-order valence-electron chi connectivity index (χ0n) is 7.47. The van der Waals surface area contributed by atoms with E-state index in [0.29, 0.717) is 19.1 Å². The SMILES string of the molecule is CCOC(OCC)C(C)CBr. The second kappa shape index (κ2) is 7.07. The molecule has 0 saturated heterocycles. The Morgan fingerprint density at radius 3 is 1.91 bits per heavy atom. The molecule has 0 fully saturated rings. The van der Waals surface area contributed by atoms with E-state index in [4.69, 9.17) is 9.47 Å². The van der Waals surface area contributed by atoms with E-state index in [-0.39, 0.29) is 6.29 Å². The van der Waals surface area contributed by atoms with Gasteiger partial charge in [-0.2, -0.15) is 0 Å². The predicted octanol–water partition coefficient (Wildman–Crippen LogP) is 2.42. The summed E-state index contributed by atoms with van der Waals surface area (Å²) in [6, 6.07) is 0. The van der Waals surface area contributed by atoms with Gasteiger partial charge < -0.3 is 9.47 Å². The van der Waals surface area contributed by atoms with Gasteiger partial charge in [-0.1, -0.05) is 22.9 Å². The predicted molar refractivity (Wildman–Crippen MR) is 50.0 cm³/mol. The van der Waals surface area contributed by atoms with Crippen molar-refractivity contribution in [3.05, 3.63) is 0 Å². The maximum Gasteiger partial charge on any atom is 0.160 e. The lowest BCUT2D eigenvalue weighted by atomic mass is 10.2. The Bertz CT molecular complexity index is 82.2. The van der Waals surface area contributed by atoms with E-state index >= 15 is 0 Å². The van der Waals surface area contributed by atoms with Gasteiger partial charge in [-0.25, -0.2) is 0 Å². The van der Waals surface area contributed by atoms with Gasteiger partial charge in [-0.05, 0) is 13.8 Å². The van der Waals surface area contributed by atoms with Crippen LogP contribution in [0.25, 0.3) is 0 Å².